The highest BCUT2D eigenvalue weighted by Gasteiger charge is 2.12. The van der Waals surface area contributed by atoms with Crippen LogP contribution < -0.4 is 15.5 Å². The van der Waals surface area contributed by atoms with E-state index >= 15 is 0 Å². The summed E-state index contributed by atoms with van der Waals surface area (Å²) >= 11 is 5.82. The van der Waals surface area contributed by atoms with Crippen LogP contribution >= 0.6 is 35.6 Å². The molecule has 0 aliphatic carbocycles. The van der Waals surface area contributed by atoms with Gasteiger partial charge in [0.15, 0.2) is 5.96 Å². The minimum atomic E-state index is 0. The summed E-state index contributed by atoms with van der Waals surface area (Å²) in [5.41, 5.74) is 2.25. The zero-order valence-electron chi connectivity index (χ0n) is 16.2. The molecule has 1 fully saturated rings. The maximum Gasteiger partial charge on any atom is 0.191 e. The Morgan fingerprint density at radius 3 is 2.46 bits per heavy atom. The minimum Gasteiger partial charge on any atom is -0.357 e. The number of nitrogens with zero attached hydrogens (tertiary/aromatic N) is 4. The highest BCUT2D eigenvalue weighted by atomic mass is 127. The summed E-state index contributed by atoms with van der Waals surface area (Å²) in [4.78, 5) is 15.7. The van der Waals surface area contributed by atoms with E-state index in [1.54, 1.807) is 0 Å². The van der Waals surface area contributed by atoms with Gasteiger partial charge < -0.3 is 15.5 Å². The Labute approximate surface area is 189 Å². The van der Waals surface area contributed by atoms with Gasteiger partial charge >= 0.3 is 0 Å². The average Bonchev–Trinajstić information content (AvgIpc) is 3.23. The highest BCUT2D eigenvalue weighted by Crippen LogP contribution is 2.17. The van der Waals surface area contributed by atoms with Crippen molar-refractivity contribution in [1.29, 1.82) is 0 Å². The Kier molecular flexibility index (Phi) is 9.77. The Morgan fingerprint density at radius 2 is 1.82 bits per heavy atom. The molecule has 0 atom stereocenters. The lowest BCUT2D eigenvalue weighted by Gasteiger charge is -2.16. The van der Waals surface area contributed by atoms with Gasteiger partial charge in [-0.15, -0.1) is 24.0 Å². The van der Waals surface area contributed by atoms with Crippen LogP contribution in [0.25, 0.3) is 0 Å². The van der Waals surface area contributed by atoms with E-state index in [-0.39, 0.29) is 24.0 Å². The molecule has 3 rings (SSSR count). The number of anilines is 1. The lowest BCUT2D eigenvalue weighted by molar-refractivity contribution is 0.797. The third kappa shape index (κ3) is 7.09. The topological polar surface area (TPSA) is 65.4 Å². The van der Waals surface area contributed by atoms with Crippen LogP contribution in [0.3, 0.4) is 0 Å². The van der Waals surface area contributed by atoms with Crippen LogP contribution in [0.4, 0.5) is 5.82 Å². The van der Waals surface area contributed by atoms with Gasteiger partial charge in [0, 0.05) is 38.6 Å². The summed E-state index contributed by atoms with van der Waals surface area (Å²) in [5, 5.41) is 7.16. The zero-order valence-corrected chi connectivity index (χ0v) is 19.3. The molecule has 28 heavy (non-hydrogen) atoms. The Balaban J connectivity index is 0.00000280. The third-order valence-corrected chi connectivity index (χ3v) is 4.72. The first-order valence-electron chi connectivity index (χ1n) is 9.57. The van der Waals surface area contributed by atoms with E-state index in [0.29, 0.717) is 11.7 Å². The third-order valence-electron chi connectivity index (χ3n) is 4.50. The number of hydrogen-bond acceptors (Lipinski definition) is 4. The van der Waals surface area contributed by atoms with Crippen molar-refractivity contribution in [2.45, 2.75) is 32.7 Å². The first-order chi connectivity index (χ1) is 13.2. The van der Waals surface area contributed by atoms with E-state index in [4.69, 9.17) is 11.6 Å². The van der Waals surface area contributed by atoms with Crippen molar-refractivity contribution in [3.63, 3.8) is 0 Å². The van der Waals surface area contributed by atoms with Gasteiger partial charge in [-0.25, -0.2) is 15.0 Å². The molecule has 0 aromatic carbocycles. The van der Waals surface area contributed by atoms with E-state index in [9.17, 15) is 0 Å². The Morgan fingerprint density at radius 1 is 1.07 bits per heavy atom. The molecule has 2 aromatic heterocycles. The fraction of sp³-hybridized carbons (Fsp3) is 0.450. The van der Waals surface area contributed by atoms with Crippen molar-refractivity contribution >= 4 is 47.4 Å². The number of rotatable bonds is 7. The summed E-state index contributed by atoms with van der Waals surface area (Å²) in [6.45, 7) is 6.49. The van der Waals surface area contributed by atoms with Crippen LogP contribution in [0.2, 0.25) is 5.15 Å². The molecule has 0 unspecified atom stereocenters. The lowest BCUT2D eigenvalue weighted by atomic mass is 10.2. The molecule has 0 bridgehead atoms. The van der Waals surface area contributed by atoms with Gasteiger partial charge in [0.1, 0.15) is 11.0 Å². The van der Waals surface area contributed by atoms with Crippen LogP contribution in [0.1, 0.15) is 30.9 Å². The predicted molar refractivity (Wildman–Crippen MR) is 127 cm³/mol. The number of hydrogen-bond donors (Lipinski definition) is 2. The number of nitrogens with one attached hydrogen (secondary N) is 2. The van der Waals surface area contributed by atoms with Crippen LogP contribution in [-0.2, 0) is 13.0 Å². The van der Waals surface area contributed by atoms with Gasteiger partial charge in [0.2, 0.25) is 0 Å². The monoisotopic (exact) mass is 514 g/mol. The van der Waals surface area contributed by atoms with E-state index in [1.165, 1.54) is 12.8 Å². The first kappa shape index (κ1) is 22.7. The Hall–Kier alpha value is -1.61. The molecule has 2 aromatic rings. The predicted octanol–water partition coefficient (Wildman–Crippen LogP) is 3.65. The molecule has 6 nitrogen and oxygen atoms in total. The quantitative estimate of drug-likeness (QED) is 0.256. The average molecular weight is 515 g/mol. The summed E-state index contributed by atoms with van der Waals surface area (Å²) < 4.78 is 0. The molecule has 0 saturated carbocycles. The molecule has 1 aliphatic rings. The van der Waals surface area contributed by atoms with Crippen LogP contribution in [0, 0.1) is 0 Å². The lowest BCUT2D eigenvalue weighted by Crippen LogP contribution is -2.38. The van der Waals surface area contributed by atoms with Gasteiger partial charge in [-0.05, 0) is 49.4 Å². The largest absolute Gasteiger partial charge is 0.357 e. The van der Waals surface area contributed by atoms with E-state index in [0.717, 1.165) is 55.5 Å². The number of guanidine groups is 1. The van der Waals surface area contributed by atoms with Gasteiger partial charge in [-0.1, -0.05) is 23.7 Å². The summed E-state index contributed by atoms with van der Waals surface area (Å²) in [6.07, 6.45) is 7.12. The number of pyridine rings is 2. The van der Waals surface area contributed by atoms with Crippen LogP contribution in [-0.4, -0.2) is 42.1 Å². The van der Waals surface area contributed by atoms with E-state index < -0.39 is 0 Å². The second kappa shape index (κ2) is 12.1. The highest BCUT2D eigenvalue weighted by molar-refractivity contribution is 14.0. The van der Waals surface area contributed by atoms with Crippen molar-refractivity contribution in [2.75, 3.05) is 31.1 Å². The zero-order chi connectivity index (χ0) is 18.9. The smallest absolute Gasteiger partial charge is 0.191 e. The first-order valence-corrected chi connectivity index (χ1v) is 9.95. The van der Waals surface area contributed by atoms with Crippen molar-refractivity contribution in [3.8, 4) is 0 Å². The van der Waals surface area contributed by atoms with Gasteiger partial charge in [-0.3, -0.25) is 0 Å². The van der Waals surface area contributed by atoms with Crippen molar-refractivity contribution in [3.05, 3.63) is 52.9 Å². The van der Waals surface area contributed by atoms with Crippen LogP contribution in [0.5, 0.6) is 0 Å². The van der Waals surface area contributed by atoms with Crippen LogP contribution in [0.15, 0.2) is 41.7 Å². The van der Waals surface area contributed by atoms with E-state index in [1.807, 2.05) is 24.5 Å². The molecule has 2 N–H and O–H groups in total. The molecular formula is C20H28ClIN6. The molecule has 1 saturated heterocycles. The summed E-state index contributed by atoms with van der Waals surface area (Å²) in [5.74, 6) is 1.88. The van der Waals surface area contributed by atoms with Gasteiger partial charge in [-0.2, -0.15) is 0 Å². The molecule has 0 amide bonds. The maximum atomic E-state index is 5.82. The second-order valence-corrected chi connectivity index (χ2v) is 6.97. The molecular weight excluding hydrogens is 487 g/mol. The number of aromatic nitrogens is 2. The molecule has 0 radical (unpaired) electrons. The van der Waals surface area contributed by atoms with Gasteiger partial charge in [0.05, 0.1) is 6.54 Å². The molecule has 152 valence electrons. The van der Waals surface area contributed by atoms with Crippen molar-refractivity contribution < 1.29 is 0 Å². The molecule has 1 aliphatic heterocycles. The molecule has 8 heteroatoms. The van der Waals surface area contributed by atoms with Gasteiger partial charge in [0.25, 0.3) is 0 Å². The second-order valence-electron chi connectivity index (χ2n) is 6.58. The fourth-order valence-corrected chi connectivity index (χ4v) is 3.15. The van der Waals surface area contributed by atoms with Crippen molar-refractivity contribution in [2.24, 2.45) is 4.99 Å². The molecule has 0 spiro atoms. The van der Waals surface area contributed by atoms with Crippen molar-refractivity contribution in [1.82, 2.24) is 20.6 Å². The standard InChI is InChI=1S/C20H27ClN6.HI/c1-2-22-20(23-10-9-16-5-7-18(21)24-13-16)26-15-17-6-8-19(25-14-17)27-11-3-4-12-27;/h5-8,13-14H,2-4,9-12,15H2,1H3,(H2,22,23,26);1H. The maximum absolute atomic E-state index is 5.82. The summed E-state index contributed by atoms with van der Waals surface area (Å²) in [7, 11) is 0. The molecule has 3 heterocycles. The van der Waals surface area contributed by atoms with E-state index in [2.05, 4.69) is 49.6 Å². The minimum absolute atomic E-state index is 0. The Bertz CT molecular complexity index is 729. The normalized spacial score (nSPS) is 13.9. The summed E-state index contributed by atoms with van der Waals surface area (Å²) in [6, 6.07) is 8.03. The SMILES string of the molecule is CCNC(=NCc1ccc(N2CCCC2)nc1)NCCc1ccc(Cl)nc1.I. The number of aliphatic imine (C=N–C) groups is 1. The number of halogens is 2. The fourth-order valence-electron chi connectivity index (χ4n) is 3.04.